The first-order valence-corrected chi connectivity index (χ1v) is 6.61. The number of hydrazine groups is 1. The molecule has 4 heteroatoms. The molecule has 92 valence electrons. The molecule has 0 spiro atoms. The van der Waals surface area contributed by atoms with Crippen LogP contribution in [0, 0.1) is 5.92 Å². The van der Waals surface area contributed by atoms with Gasteiger partial charge in [0.15, 0.2) is 0 Å². The second-order valence-corrected chi connectivity index (χ2v) is 5.62. The molecule has 2 aliphatic rings. The summed E-state index contributed by atoms with van der Waals surface area (Å²) in [7, 11) is 0. The van der Waals surface area contributed by atoms with Gasteiger partial charge in [0.1, 0.15) is 0 Å². The zero-order chi connectivity index (χ0) is 11.8. The smallest absolute Gasteiger partial charge is 0.0406 e. The Bertz CT molecular complexity index is 392. The van der Waals surface area contributed by atoms with Gasteiger partial charge in [-0.1, -0.05) is 23.7 Å². The summed E-state index contributed by atoms with van der Waals surface area (Å²) in [4.78, 5) is 0. The van der Waals surface area contributed by atoms with Crippen LogP contribution >= 0.6 is 11.6 Å². The van der Waals surface area contributed by atoms with Crippen LogP contribution in [0.3, 0.4) is 0 Å². The molecule has 4 atom stereocenters. The van der Waals surface area contributed by atoms with Crippen LogP contribution in [0.2, 0.25) is 5.02 Å². The molecule has 1 heterocycles. The lowest BCUT2D eigenvalue weighted by Gasteiger charge is -2.36. The van der Waals surface area contributed by atoms with Gasteiger partial charge in [-0.05, 0) is 36.5 Å². The van der Waals surface area contributed by atoms with Gasteiger partial charge >= 0.3 is 0 Å². The second kappa shape index (κ2) is 4.58. The number of hydrogen-bond acceptors (Lipinski definition) is 3. The summed E-state index contributed by atoms with van der Waals surface area (Å²) in [6.07, 6.45) is 2.24. The molecule has 1 saturated heterocycles. The van der Waals surface area contributed by atoms with Gasteiger partial charge in [-0.25, -0.2) is 0 Å². The van der Waals surface area contributed by atoms with Gasteiger partial charge in [0, 0.05) is 29.6 Å². The SMILES string of the molecule is NC1CC(c2ccc(Cl)cc2)CC2NNCC12. The largest absolute Gasteiger partial charge is 0.327 e. The van der Waals surface area contributed by atoms with Crippen molar-refractivity contribution in [2.75, 3.05) is 6.54 Å². The van der Waals surface area contributed by atoms with Crippen molar-refractivity contribution in [2.24, 2.45) is 11.7 Å². The molecular formula is C13H18ClN3. The van der Waals surface area contributed by atoms with Crippen molar-refractivity contribution in [3.63, 3.8) is 0 Å². The van der Waals surface area contributed by atoms with E-state index in [1.165, 1.54) is 5.56 Å². The second-order valence-electron chi connectivity index (χ2n) is 5.18. The first-order chi connectivity index (χ1) is 8.24. The summed E-state index contributed by atoms with van der Waals surface area (Å²) in [5, 5.41) is 0.799. The summed E-state index contributed by atoms with van der Waals surface area (Å²) < 4.78 is 0. The Labute approximate surface area is 107 Å². The molecule has 1 aliphatic carbocycles. The van der Waals surface area contributed by atoms with Crippen LogP contribution in [0.4, 0.5) is 0 Å². The van der Waals surface area contributed by atoms with E-state index in [4.69, 9.17) is 17.3 Å². The highest BCUT2D eigenvalue weighted by Crippen LogP contribution is 2.36. The predicted molar refractivity (Wildman–Crippen MR) is 69.8 cm³/mol. The number of nitrogens with one attached hydrogen (secondary N) is 2. The number of fused-ring (bicyclic) bond motifs is 1. The standard InChI is InChI=1S/C13H18ClN3/c14-10-3-1-8(2-4-10)9-5-12(15)11-7-16-17-13(11)6-9/h1-4,9,11-13,16-17H,5-7,15H2. The van der Waals surface area contributed by atoms with Crippen molar-refractivity contribution in [2.45, 2.75) is 30.8 Å². The molecule has 0 radical (unpaired) electrons. The van der Waals surface area contributed by atoms with Crippen molar-refractivity contribution in [3.05, 3.63) is 34.9 Å². The average Bonchev–Trinajstić information content (AvgIpc) is 2.78. The monoisotopic (exact) mass is 251 g/mol. The molecule has 1 aliphatic heterocycles. The average molecular weight is 252 g/mol. The Balaban J connectivity index is 1.78. The highest BCUT2D eigenvalue weighted by atomic mass is 35.5. The van der Waals surface area contributed by atoms with E-state index in [1.807, 2.05) is 12.1 Å². The van der Waals surface area contributed by atoms with Gasteiger partial charge in [-0.2, -0.15) is 0 Å². The quantitative estimate of drug-likeness (QED) is 0.711. The van der Waals surface area contributed by atoms with Gasteiger partial charge < -0.3 is 5.73 Å². The third-order valence-corrected chi connectivity index (χ3v) is 4.38. The maximum atomic E-state index is 6.27. The number of halogens is 1. The van der Waals surface area contributed by atoms with Crippen LogP contribution in [0.15, 0.2) is 24.3 Å². The van der Waals surface area contributed by atoms with E-state index >= 15 is 0 Å². The first kappa shape index (κ1) is 11.5. The van der Waals surface area contributed by atoms with Gasteiger partial charge in [0.2, 0.25) is 0 Å². The molecule has 17 heavy (non-hydrogen) atoms. The van der Waals surface area contributed by atoms with E-state index in [1.54, 1.807) is 0 Å². The molecule has 0 amide bonds. The maximum Gasteiger partial charge on any atom is 0.0406 e. The van der Waals surface area contributed by atoms with Crippen LogP contribution in [-0.4, -0.2) is 18.6 Å². The molecule has 2 fully saturated rings. The van der Waals surface area contributed by atoms with Crippen molar-refractivity contribution in [1.82, 2.24) is 10.9 Å². The third-order valence-electron chi connectivity index (χ3n) is 4.13. The van der Waals surface area contributed by atoms with Crippen LogP contribution in [-0.2, 0) is 0 Å². The fourth-order valence-corrected chi connectivity index (χ4v) is 3.28. The molecule has 4 unspecified atom stereocenters. The van der Waals surface area contributed by atoms with E-state index < -0.39 is 0 Å². The molecule has 1 saturated carbocycles. The Morgan fingerprint density at radius 3 is 2.71 bits per heavy atom. The van der Waals surface area contributed by atoms with Gasteiger partial charge in [-0.3, -0.25) is 10.9 Å². The lowest BCUT2D eigenvalue weighted by atomic mass is 9.74. The first-order valence-electron chi connectivity index (χ1n) is 6.23. The topological polar surface area (TPSA) is 50.1 Å². The molecule has 1 aromatic carbocycles. The Hall–Kier alpha value is -0.610. The third kappa shape index (κ3) is 2.20. The molecule has 3 nitrogen and oxygen atoms in total. The Morgan fingerprint density at radius 1 is 1.18 bits per heavy atom. The number of hydrogen-bond donors (Lipinski definition) is 3. The summed E-state index contributed by atoms with van der Waals surface area (Å²) in [6.45, 7) is 0.999. The lowest BCUT2D eigenvalue weighted by molar-refractivity contribution is 0.265. The molecule has 3 rings (SSSR count). The fraction of sp³-hybridized carbons (Fsp3) is 0.538. The van der Waals surface area contributed by atoms with Crippen LogP contribution in [0.25, 0.3) is 0 Å². The molecule has 1 aromatic rings. The maximum absolute atomic E-state index is 6.27. The van der Waals surface area contributed by atoms with E-state index in [9.17, 15) is 0 Å². The number of nitrogens with two attached hydrogens (primary N) is 1. The van der Waals surface area contributed by atoms with E-state index in [0.29, 0.717) is 17.9 Å². The summed E-state index contributed by atoms with van der Waals surface area (Å²) >= 11 is 5.92. The molecule has 4 N–H and O–H groups in total. The Morgan fingerprint density at radius 2 is 1.94 bits per heavy atom. The minimum Gasteiger partial charge on any atom is -0.327 e. The fourth-order valence-electron chi connectivity index (χ4n) is 3.15. The molecule has 0 aromatic heterocycles. The van der Waals surface area contributed by atoms with Crippen LogP contribution < -0.4 is 16.6 Å². The lowest BCUT2D eigenvalue weighted by Crippen LogP contribution is -2.46. The minimum atomic E-state index is 0.289. The van der Waals surface area contributed by atoms with E-state index in [-0.39, 0.29) is 6.04 Å². The van der Waals surface area contributed by atoms with Gasteiger partial charge in [0.25, 0.3) is 0 Å². The normalized spacial score (nSPS) is 36.8. The van der Waals surface area contributed by atoms with Gasteiger partial charge in [0.05, 0.1) is 0 Å². The van der Waals surface area contributed by atoms with Crippen molar-refractivity contribution in [1.29, 1.82) is 0 Å². The van der Waals surface area contributed by atoms with Crippen molar-refractivity contribution in [3.8, 4) is 0 Å². The van der Waals surface area contributed by atoms with E-state index in [2.05, 4.69) is 23.0 Å². The Kier molecular flexibility index (Phi) is 3.09. The van der Waals surface area contributed by atoms with Crippen LogP contribution in [0.5, 0.6) is 0 Å². The summed E-state index contributed by atoms with van der Waals surface area (Å²) in [6, 6.07) is 8.99. The minimum absolute atomic E-state index is 0.289. The number of benzene rings is 1. The van der Waals surface area contributed by atoms with Gasteiger partial charge in [-0.15, -0.1) is 0 Å². The summed E-state index contributed by atoms with van der Waals surface area (Å²) in [5.41, 5.74) is 14.2. The van der Waals surface area contributed by atoms with Crippen molar-refractivity contribution >= 4 is 11.6 Å². The summed E-state index contributed by atoms with van der Waals surface area (Å²) in [5.74, 6) is 1.13. The predicted octanol–water partition coefficient (Wildman–Crippen LogP) is 1.64. The highest BCUT2D eigenvalue weighted by Gasteiger charge is 2.39. The number of rotatable bonds is 1. The molecule has 0 bridgehead atoms. The van der Waals surface area contributed by atoms with E-state index in [0.717, 1.165) is 24.4 Å². The van der Waals surface area contributed by atoms with Crippen molar-refractivity contribution < 1.29 is 0 Å². The molecular weight excluding hydrogens is 234 g/mol. The van der Waals surface area contributed by atoms with Crippen LogP contribution in [0.1, 0.15) is 24.3 Å². The zero-order valence-corrected chi connectivity index (χ0v) is 10.5. The zero-order valence-electron chi connectivity index (χ0n) is 9.70. The highest BCUT2D eigenvalue weighted by molar-refractivity contribution is 6.30.